The van der Waals surface area contributed by atoms with Crippen LogP contribution in [-0.2, 0) is 15.0 Å². The van der Waals surface area contributed by atoms with Gasteiger partial charge < -0.3 is 15.2 Å². The number of hydrogen-bond acceptors (Lipinski definition) is 3. The van der Waals surface area contributed by atoms with Crippen LogP contribution in [0.15, 0.2) is 24.3 Å². The second-order valence-corrected chi connectivity index (χ2v) is 7.44. The van der Waals surface area contributed by atoms with Crippen molar-refractivity contribution in [2.24, 2.45) is 5.41 Å². The van der Waals surface area contributed by atoms with Gasteiger partial charge in [0.15, 0.2) is 6.10 Å². The zero-order valence-corrected chi connectivity index (χ0v) is 14.8. The van der Waals surface area contributed by atoms with Gasteiger partial charge >= 0.3 is 5.97 Å². The molecular formula is C18H27NO4. The number of carbonyl (C=O) groups excluding carboxylic acids is 1. The van der Waals surface area contributed by atoms with Crippen LogP contribution >= 0.6 is 0 Å². The van der Waals surface area contributed by atoms with E-state index in [0.717, 1.165) is 5.56 Å². The third kappa shape index (κ3) is 5.58. The summed E-state index contributed by atoms with van der Waals surface area (Å²) in [5, 5.41) is 11.7. The van der Waals surface area contributed by atoms with Gasteiger partial charge in [-0.1, -0.05) is 32.9 Å². The summed E-state index contributed by atoms with van der Waals surface area (Å²) < 4.78 is 5.68. The number of carboxylic acids is 1. The van der Waals surface area contributed by atoms with Crippen molar-refractivity contribution in [3.63, 3.8) is 0 Å². The molecule has 0 aliphatic heterocycles. The quantitative estimate of drug-likeness (QED) is 0.844. The zero-order valence-electron chi connectivity index (χ0n) is 14.8. The molecule has 0 fully saturated rings. The van der Waals surface area contributed by atoms with Crippen molar-refractivity contribution >= 4 is 11.9 Å². The van der Waals surface area contributed by atoms with Gasteiger partial charge in [-0.2, -0.15) is 0 Å². The molecule has 0 aliphatic rings. The van der Waals surface area contributed by atoms with Crippen molar-refractivity contribution in [1.29, 1.82) is 0 Å². The lowest BCUT2D eigenvalue weighted by Gasteiger charge is -2.23. The summed E-state index contributed by atoms with van der Waals surface area (Å²) in [6.45, 7) is 11.1. The number of ether oxygens (including phenoxy) is 1. The standard InChI is InChI=1S/C18H27NO4/c1-12(15(20)19-11-18(5,6)16(21)22)23-14-9-7-8-13(10-14)17(2,3)4/h7-10,12H,11H2,1-6H3,(H,19,20)(H,21,22). The van der Waals surface area contributed by atoms with Crippen molar-refractivity contribution in [1.82, 2.24) is 5.32 Å². The molecule has 0 radical (unpaired) electrons. The Bertz CT molecular complexity index is 573. The molecule has 128 valence electrons. The molecule has 1 rings (SSSR count). The maximum Gasteiger partial charge on any atom is 0.310 e. The highest BCUT2D eigenvalue weighted by atomic mass is 16.5. The van der Waals surface area contributed by atoms with Gasteiger partial charge in [-0.05, 0) is 43.9 Å². The van der Waals surface area contributed by atoms with E-state index in [1.807, 2.05) is 18.2 Å². The van der Waals surface area contributed by atoms with E-state index in [1.165, 1.54) is 0 Å². The first-order valence-corrected chi connectivity index (χ1v) is 7.72. The molecule has 1 unspecified atom stereocenters. The van der Waals surface area contributed by atoms with Crippen LogP contribution in [0.5, 0.6) is 5.75 Å². The molecule has 23 heavy (non-hydrogen) atoms. The lowest BCUT2D eigenvalue weighted by atomic mass is 9.87. The number of rotatable bonds is 6. The second kappa shape index (κ2) is 7.02. The van der Waals surface area contributed by atoms with E-state index in [4.69, 9.17) is 9.84 Å². The first-order valence-electron chi connectivity index (χ1n) is 7.72. The molecule has 0 saturated heterocycles. The summed E-state index contributed by atoms with van der Waals surface area (Å²) >= 11 is 0. The van der Waals surface area contributed by atoms with E-state index in [9.17, 15) is 9.59 Å². The van der Waals surface area contributed by atoms with Crippen molar-refractivity contribution in [3.8, 4) is 5.75 Å². The number of benzene rings is 1. The maximum atomic E-state index is 12.1. The summed E-state index contributed by atoms with van der Waals surface area (Å²) in [5.41, 5.74) is 0.104. The van der Waals surface area contributed by atoms with E-state index in [2.05, 4.69) is 26.1 Å². The van der Waals surface area contributed by atoms with Gasteiger partial charge in [0, 0.05) is 6.54 Å². The van der Waals surface area contributed by atoms with E-state index >= 15 is 0 Å². The molecule has 1 aromatic carbocycles. The summed E-state index contributed by atoms with van der Waals surface area (Å²) in [6, 6.07) is 7.65. The van der Waals surface area contributed by atoms with E-state index < -0.39 is 17.5 Å². The summed E-state index contributed by atoms with van der Waals surface area (Å²) in [6.07, 6.45) is -0.699. The third-order valence-corrected chi connectivity index (χ3v) is 3.67. The number of aliphatic carboxylic acids is 1. The Kier molecular flexibility index (Phi) is 5.81. The smallest absolute Gasteiger partial charge is 0.310 e. The van der Waals surface area contributed by atoms with Crippen LogP contribution in [-0.4, -0.2) is 29.6 Å². The molecule has 0 aromatic heterocycles. The Morgan fingerprint density at radius 1 is 1.22 bits per heavy atom. The lowest BCUT2D eigenvalue weighted by molar-refractivity contribution is -0.147. The van der Waals surface area contributed by atoms with Crippen molar-refractivity contribution in [2.45, 2.75) is 53.1 Å². The highest BCUT2D eigenvalue weighted by Crippen LogP contribution is 2.26. The Hall–Kier alpha value is -2.04. The van der Waals surface area contributed by atoms with Gasteiger partial charge in [0.1, 0.15) is 5.75 Å². The number of carbonyl (C=O) groups is 2. The Balaban J connectivity index is 2.67. The minimum Gasteiger partial charge on any atom is -0.481 e. The molecule has 2 N–H and O–H groups in total. The highest BCUT2D eigenvalue weighted by Gasteiger charge is 2.28. The van der Waals surface area contributed by atoms with Gasteiger partial charge in [0.05, 0.1) is 5.41 Å². The van der Waals surface area contributed by atoms with E-state index in [1.54, 1.807) is 26.8 Å². The van der Waals surface area contributed by atoms with Gasteiger partial charge in [-0.15, -0.1) is 0 Å². The molecule has 5 nitrogen and oxygen atoms in total. The minimum atomic E-state index is -1.01. The van der Waals surface area contributed by atoms with E-state index in [0.29, 0.717) is 5.75 Å². The fraction of sp³-hybridized carbons (Fsp3) is 0.556. The molecule has 0 aliphatic carbocycles. The molecule has 0 heterocycles. The van der Waals surface area contributed by atoms with Crippen LogP contribution in [0.25, 0.3) is 0 Å². The van der Waals surface area contributed by atoms with Gasteiger partial charge in [0.2, 0.25) is 0 Å². The van der Waals surface area contributed by atoms with Gasteiger partial charge in [-0.25, -0.2) is 0 Å². The number of carboxylic acid groups (broad SMARTS) is 1. The predicted molar refractivity (Wildman–Crippen MR) is 89.7 cm³/mol. The van der Waals surface area contributed by atoms with Crippen molar-refractivity contribution in [3.05, 3.63) is 29.8 Å². The fourth-order valence-electron chi connectivity index (χ4n) is 1.82. The molecule has 1 amide bonds. The predicted octanol–water partition coefficient (Wildman–Crippen LogP) is 2.98. The molecule has 1 aromatic rings. The maximum absolute atomic E-state index is 12.1. The molecule has 5 heteroatoms. The van der Waals surface area contributed by atoms with Crippen LogP contribution < -0.4 is 10.1 Å². The Morgan fingerprint density at radius 3 is 2.35 bits per heavy atom. The summed E-state index contributed by atoms with van der Waals surface area (Å²) in [5.74, 6) is -0.665. The number of amides is 1. The van der Waals surface area contributed by atoms with Crippen LogP contribution in [0.4, 0.5) is 0 Å². The van der Waals surface area contributed by atoms with Crippen LogP contribution in [0.2, 0.25) is 0 Å². The number of nitrogens with one attached hydrogen (secondary N) is 1. The second-order valence-electron chi connectivity index (χ2n) is 7.44. The molecule has 0 bridgehead atoms. The third-order valence-electron chi connectivity index (χ3n) is 3.67. The first-order chi connectivity index (χ1) is 10.4. The topological polar surface area (TPSA) is 75.6 Å². The molecular weight excluding hydrogens is 294 g/mol. The Labute approximate surface area is 138 Å². The zero-order chi connectivity index (χ0) is 17.8. The minimum absolute atomic E-state index is 0.00359. The van der Waals surface area contributed by atoms with Gasteiger partial charge in [-0.3, -0.25) is 9.59 Å². The molecule has 0 spiro atoms. The van der Waals surface area contributed by atoms with Crippen LogP contribution in [0.1, 0.15) is 47.1 Å². The van der Waals surface area contributed by atoms with Crippen molar-refractivity contribution in [2.75, 3.05) is 6.54 Å². The average molecular weight is 321 g/mol. The highest BCUT2D eigenvalue weighted by molar-refractivity contribution is 5.82. The van der Waals surface area contributed by atoms with E-state index in [-0.39, 0.29) is 17.9 Å². The SMILES string of the molecule is CC(Oc1cccc(C(C)(C)C)c1)C(=O)NCC(C)(C)C(=O)O. The average Bonchev–Trinajstić information content (AvgIpc) is 2.44. The van der Waals surface area contributed by atoms with Gasteiger partial charge in [0.25, 0.3) is 5.91 Å². The van der Waals surface area contributed by atoms with Crippen LogP contribution in [0, 0.1) is 5.41 Å². The normalized spacial score (nSPS) is 13.3. The summed E-state index contributed by atoms with van der Waals surface area (Å²) in [7, 11) is 0. The first kappa shape index (κ1) is 19.0. The Morgan fingerprint density at radius 2 is 1.83 bits per heavy atom. The number of hydrogen-bond donors (Lipinski definition) is 2. The monoisotopic (exact) mass is 321 g/mol. The lowest BCUT2D eigenvalue weighted by Crippen LogP contribution is -2.43. The fourth-order valence-corrected chi connectivity index (χ4v) is 1.82. The van der Waals surface area contributed by atoms with Crippen molar-refractivity contribution < 1.29 is 19.4 Å². The molecule has 0 saturated carbocycles. The van der Waals surface area contributed by atoms with Crippen LogP contribution in [0.3, 0.4) is 0 Å². The largest absolute Gasteiger partial charge is 0.481 e. The molecule has 1 atom stereocenters. The summed E-state index contributed by atoms with van der Waals surface area (Å²) in [4.78, 5) is 23.1.